The highest BCUT2D eigenvalue weighted by Crippen LogP contribution is 2.35. The Morgan fingerprint density at radius 3 is 2.63 bits per heavy atom. The van der Waals surface area contributed by atoms with Gasteiger partial charge in [0.15, 0.2) is 0 Å². The summed E-state index contributed by atoms with van der Waals surface area (Å²) in [4.78, 5) is 11.3. The number of carbonyl (C=O) groups is 1. The highest BCUT2D eigenvalue weighted by atomic mass is 35.5. The first-order valence-electron chi connectivity index (χ1n) is 5.25. The lowest BCUT2D eigenvalue weighted by molar-refractivity contribution is -0.137. The van der Waals surface area contributed by atoms with Crippen molar-refractivity contribution in [1.29, 1.82) is 0 Å². The lowest BCUT2D eigenvalue weighted by Gasteiger charge is -2.12. The van der Waals surface area contributed by atoms with Crippen molar-refractivity contribution in [3.63, 3.8) is 0 Å². The van der Waals surface area contributed by atoms with E-state index in [0.717, 1.165) is 12.1 Å². The standard InChI is InChI=1S/C11H12ClF3N2O2/c12-8-2-1-6(3-7(8)11(13,14)15)4-17-10(19)9(16)5-18/h1-3,9,18H,4-5,16H2,(H,17,19). The summed E-state index contributed by atoms with van der Waals surface area (Å²) in [7, 11) is 0. The predicted octanol–water partition coefficient (Wildman–Crippen LogP) is 1.29. The van der Waals surface area contributed by atoms with Gasteiger partial charge in [0.25, 0.3) is 0 Å². The molecule has 19 heavy (non-hydrogen) atoms. The van der Waals surface area contributed by atoms with Crippen molar-refractivity contribution >= 4 is 17.5 Å². The van der Waals surface area contributed by atoms with Crippen LogP contribution in [-0.4, -0.2) is 23.7 Å². The average Bonchev–Trinajstić information content (AvgIpc) is 2.35. The van der Waals surface area contributed by atoms with Crippen molar-refractivity contribution in [3.8, 4) is 0 Å². The molecule has 1 unspecified atom stereocenters. The second kappa shape index (κ2) is 6.23. The molecule has 0 saturated heterocycles. The predicted molar refractivity (Wildman–Crippen MR) is 63.4 cm³/mol. The zero-order valence-electron chi connectivity index (χ0n) is 9.67. The summed E-state index contributed by atoms with van der Waals surface area (Å²) in [6.45, 7) is -0.674. The molecule has 0 heterocycles. The summed E-state index contributed by atoms with van der Waals surface area (Å²) in [5.41, 5.74) is 4.51. The number of alkyl halides is 3. The van der Waals surface area contributed by atoms with Gasteiger partial charge in [-0.2, -0.15) is 13.2 Å². The molecule has 0 aliphatic rings. The van der Waals surface area contributed by atoms with Gasteiger partial charge >= 0.3 is 6.18 Å². The van der Waals surface area contributed by atoms with Gasteiger partial charge in [-0.25, -0.2) is 0 Å². The minimum Gasteiger partial charge on any atom is -0.394 e. The molecule has 4 N–H and O–H groups in total. The molecule has 1 amide bonds. The molecule has 0 bridgehead atoms. The lowest BCUT2D eigenvalue weighted by Crippen LogP contribution is -2.42. The molecule has 0 fully saturated rings. The molecule has 0 aliphatic carbocycles. The maximum atomic E-state index is 12.6. The molecule has 8 heteroatoms. The van der Waals surface area contributed by atoms with Crippen LogP contribution in [0.15, 0.2) is 18.2 Å². The van der Waals surface area contributed by atoms with Crippen LogP contribution in [-0.2, 0) is 17.5 Å². The first-order valence-corrected chi connectivity index (χ1v) is 5.63. The first-order chi connectivity index (χ1) is 8.75. The van der Waals surface area contributed by atoms with E-state index in [0.29, 0.717) is 0 Å². The summed E-state index contributed by atoms with van der Waals surface area (Å²) in [6.07, 6.45) is -4.56. The second-order valence-corrected chi connectivity index (χ2v) is 4.23. The molecule has 4 nitrogen and oxygen atoms in total. The number of hydrogen-bond donors (Lipinski definition) is 3. The molecule has 0 aromatic heterocycles. The van der Waals surface area contributed by atoms with Crippen molar-refractivity contribution in [2.24, 2.45) is 5.73 Å². The number of nitrogens with two attached hydrogens (primary N) is 1. The Morgan fingerprint density at radius 1 is 1.47 bits per heavy atom. The maximum absolute atomic E-state index is 12.6. The monoisotopic (exact) mass is 296 g/mol. The molecule has 0 saturated carbocycles. The fraction of sp³-hybridized carbons (Fsp3) is 0.364. The topological polar surface area (TPSA) is 75.3 Å². The number of carbonyl (C=O) groups excluding carboxylic acids is 1. The van der Waals surface area contributed by atoms with Gasteiger partial charge in [0.1, 0.15) is 6.04 Å². The van der Waals surface area contributed by atoms with Crippen LogP contribution in [0.4, 0.5) is 13.2 Å². The van der Waals surface area contributed by atoms with E-state index in [9.17, 15) is 18.0 Å². The van der Waals surface area contributed by atoms with Crippen molar-refractivity contribution in [2.45, 2.75) is 18.8 Å². The summed E-state index contributed by atoms with van der Waals surface area (Å²) in [5.74, 6) is -0.647. The smallest absolute Gasteiger partial charge is 0.394 e. The van der Waals surface area contributed by atoms with Crippen LogP contribution in [0.25, 0.3) is 0 Å². The zero-order valence-corrected chi connectivity index (χ0v) is 10.4. The Labute approximate surface area is 112 Å². The van der Waals surface area contributed by atoms with Crippen LogP contribution in [0.3, 0.4) is 0 Å². The number of aliphatic hydroxyl groups is 1. The summed E-state index contributed by atoms with van der Waals surface area (Å²) < 4.78 is 37.8. The Balaban J connectivity index is 2.79. The molecule has 1 rings (SSSR count). The highest BCUT2D eigenvalue weighted by molar-refractivity contribution is 6.31. The van der Waals surface area contributed by atoms with Crippen molar-refractivity contribution in [2.75, 3.05) is 6.61 Å². The Bertz CT molecular complexity index is 466. The maximum Gasteiger partial charge on any atom is 0.417 e. The molecule has 0 spiro atoms. The van der Waals surface area contributed by atoms with Gasteiger partial charge in [-0.1, -0.05) is 17.7 Å². The van der Waals surface area contributed by atoms with Gasteiger partial charge in [0.2, 0.25) is 5.91 Å². The zero-order chi connectivity index (χ0) is 14.6. The molecule has 0 radical (unpaired) electrons. The van der Waals surface area contributed by atoms with Crippen molar-refractivity contribution in [3.05, 3.63) is 34.3 Å². The van der Waals surface area contributed by atoms with Crippen LogP contribution in [0.5, 0.6) is 0 Å². The van der Waals surface area contributed by atoms with E-state index in [1.807, 2.05) is 0 Å². The van der Waals surface area contributed by atoms with Gasteiger partial charge in [-0.3, -0.25) is 4.79 Å². The van der Waals surface area contributed by atoms with Gasteiger partial charge in [-0.15, -0.1) is 0 Å². The quantitative estimate of drug-likeness (QED) is 0.784. The van der Waals surface area contributed by atoms with E-state index in [4.69, 9.17) is 22.4 Å². The molecule has 106 valence electrons. The van der Waals surface area contributed by atoms with E-state index in [1.54, 1.807) is 0 Å². The summed E-state index contributed by atoms with van der Waals surface area (Å²) >= 11 is 5.46. The molecular formula is C11H12ClF3N2O2. The van der Waals surface area contributed by atoms with E-state index in [1.165, 1.54) is 6.07 Å². The number of benzene rings is 1. The summed E-state index contributed by atoms with van der Waals surface area (Å²) in [6, 6.07) is 2.22. The largest absolute Gasteiger partial charge is 0.417 e. The fourth-order valence-electron chi connectivity index (χ4n) is 1.30. The number of rotatable bonds is 4. The Morgan fingerprint density at radius 2 is 2.11 bits per heavy atom. The molecule has 1 atom stereocenters. The molecule has 0 aliphatic heterocycles. The number of amides is 1. The van der Waals surface area contributed by atoms with Crippen LogP contribution in [0, 0.1) is 0 Å². The number of nitrogens with one attached hydrogen (secondary N) is 1. The fourth-order valence-corrected chi connectivity index (χ4v) is 1.53. The van der Waals surface area contributed by atoms with Crippen molar-refractivity contribution < 1.29 is 23.1 Å². The number of aliphatic hydroxyl groups excluding tert-OH is 1. The average molecular weight is 297 g/mol. The Kier molecular flexibility index (Phi) is 5.16. The highest BCUT2D eigenvalue weighted by Gasteiger charge is 2.33. The number of hydrogen-bond acceptors (Lipinski definition) is 3. The number of halogens is 4. The third-order valence-electron chi connectivity index (χ3n) is 2.34. The van der Waals surface area contributed by atoms with Crippen LogP contribution in [0.2, 0.25) is 5.02 Å². The molecular weight excluding hydrogens is 285 g/mol. The van der Waals surface area contributed by atoms with Crippen LogP contribution < -0.4 is 11.1 Å². The lowest BCUT2D eigenvalue weighted by atomic mass is 10.1. The SMILES string of the molecule is NC(CO)C(=O)NCc1ccc(Cl)c(C(F)(F)F)c1. The second-order valence-electron chi connectivity index (χ2n) is 3.82. The Hall–Kier alpha value is -1.31. The van der Waals surface area contributed by atoms with Crippen molar-refractivity contribution in [1.82, 2.24) is 5.32 Å². The van der Waals surface area contributed by atoms with Crippen LogP contribution in [0.1, 0.15) is 11.1 Å². The van der Waals surface area contributed by atoms with E-state index >= 15 is 0 Å². The van der Waals surface area contributed by atoms with Gasteiger partial charge in [0, 0.05) is 6.54 Å². The van der Waals surface area contributed by atoms with E-state index in [-0.39, 0.29) is 12.1 Å². The minimum atomic E-state index is -4.56. The minimum absolute atomic E-state index is 0.132. The molecule has 1 aromatic carbocycles. The first kappa shape index (κ1) is 15.7. The third-order valence-corrected chi connectivity index (χ3v) is 2.67. The van der Waals surface area contributed by atoms with Gasteiger partial charge < -0.3 is 16.2 Å². The van der Waals surface area contributed by atoms with Crippen LogP contribution >= 0.6 is 11.6 Å². The van der Waals surface area contributed by atoms with Gasteiger partial charge in [-0.05, 0) is 17.7 Å². The van der Waals surface area contributed by atoms with Gasteiger partial charge in [0.05, 0.1) is 17.2 Å². The normalized spacial score (nSPS) is 13.2. The summed E-state index contributed by atoms with van der Waals surface area (Å²) in [5, 5.41) is 10.5. The van der Waals surface area contributed by atoms with E-state index < -0.39 is 35.3 Å². The molecule has 1 aromatic rings. The van der Waals surface area contributed by atoms with E-state index in [2.05, 4.69) is 5.32 Å². The third kappa shape index (κ3) is 4.38.